The normalized spacial score (nSPS) is 12.1. The van der Waals surface area contributed by atoms with Crippen molar-refractivity contribution in [3.63, 3.8) is 0 Å². The number of ether oxygens (including phenoxy) is 1. The summed E-state index contributed by atoms with van der Waals surface area (Å²) < 4.78 is 5.97. The van der Waals surface area contributed by atoms with Crippen LogP contribution >= 0.6 is 0 Å². The SMILES string of the molecule is CC(OC(=O)n1[nH]ccc1=O)c1ccccc1. The summed E-state index contributed by atoms with van der Waals surface area (Å²) in [5.41, 5.74) is 0.440. The molecule has 0 amide bonds. The minimum absolute atomic E-state index is 0.404. The number of aromatic nitrogens is 2. The van der Waals surface area contributed by atoms with Gasteiger partial charge in [0.25, 0.3) is 5.56 Å². The maximum atomic E-state index is 11.6. The quantitative estimate of drug-likeness (QED) is 0.860. The molecule has 1 aromatic carbocycles. The number of carbonyl (C=O) groups is 1. The highest BCUT2D eigenvalue weighted by Crippen LogP contribution is 2.16. The Bertz CT molecular complexity index is 556. The van der Waals surface area contributed by atoms with Crippen molar-refractivity contribution in [1.29, 1.82) is 0 Å². The summed E-state index contributed by atoms with van der Waals surface area (Å²) in [7, 11) is 0. The fraction of sp³-hybridized carbons (Fsp3) is 0.167. The van der Waals surface area contributed by atoms with E-state index in [-0.39, 0.29) is 0 Å². The molecule has 5 nitrogen and oxygen atoms in total. The van der Waals surface area contributed by atoms with Gasteiger partial charge in [-0.3, -0.25) is 9.89 Å². The van der Waals surface area contributed by atoms with Gasteiger partial charge in [-0.2, -0.15) is 4.68 Å². The van der Waals surface area contributed by atoms with Gasteiger partial charge in [0.15, 0.2) is 0 Å². The number of nitrogens with zero attached hydrogens (tertiary/aromatic N) is 1. The van der Waals surface area contributed by atoms with Gasteiger partial charge in [0.2, 0.25) is 0 Å². The summed E-state index contributed by atoms with van der Waals surface area (Å²) in [6, 6.07) is 10.6. The van der Waals surface area contributed by atoms with Gasteiger partial charge >= 0.3 is 6.09 Å². The van der Waals surface area contributed by atoms with Crippen LogP contribution in [0.25, 0.3) is 0 Å². The Morgan fingerprint density at radius 3 is 2.59 bits per heavy atom. The highest BCUT2D eigenvalue weighted by molar-refractivity contribution is 5.69. The fourth-order valence-electron chi connectivity index (χ4n) is 1.46. The maximum absolute atomic E-state index is 11.6. The van der Waals surface area contributed by atoms with Crippen molar-refractivity contribution < 1.29 is 9.53 Å². The molecule has 2 rings (SSSR count). The zero-order chi connectivity index (χ0) is 12.3. The first-order chi connectivity index (χ1) is 8.18. The van der Waals surface area contributed by atoms with Gasteiger partial charge in [0, 0.05) is 12.3 Å². The second kappa shape index (κ2) is 4.69. The number of hydrogen-bond acceptors (Lipinski definition) is 3. The maximum Gasteiger partial charge on any atom is 0.436 e. The Morgan fingerprint density at radius 2 is 2.00 bits per heavy atom. The number of aromatic amines is 1. The summed E-state index contributed by atoms with van der Waals surface area (Å²) in [6.45, 7) is 1.75. The van der Waals surface area contributed by atoms with Crippen molar-refractivity contribution in [3.05, 3.63) is 58.5 Å². The van der Waals surface area contributed by atoms with Crippen LogP contribution in [0.5, 0.6) is 0 Å². The molecule has 1 aromatic heterocycles. The van der Waals surface area contributed by atoms with Gasteiger partial charge in [-0.15, -0.1) is 0 Å². The summed E-state index contributed by atoms with van der Waals surface area (Å²) in [5.74, 6) is 0. The molecule has 0 aliphatic rings. The number of carbonyl (C=O) groups excluding carboxylic acids is 1. The van der Waals surface area contributed by atoms with E-state index < -0.39 is 17.8 Å². The van der Waals surface area contributed by atoms with Crippen LogP contribution in [0.4, 0.5) is 4.79 Å². The van der Waals surface area contributed by atoms with E-state index in [0.717, 1.165) is 10.2 Å². The number of benzene rings is 1. The molecule has 0 spiro atoms. The first-order valence-corrected chi connectivity index (χ1v) is 5.21. The van der Waals surface area contributed by atoms with Crippen LogP contribution in [-0.2, 0) is 4.74 Å². The number of nitrogens with one attached hydrogen (secondary N) is 1. The highest BCUT2D eigenvalue weighted by atomic mass is 16.6. The number of hydrogen-bond donors (Lipinski definition) is 1. The van der Waals surface area contributed by atoms with E-state index >= 15 is 0 Å². The molecule has 1 heterocycles. The molecule has 2 aromatic rings. The molecule has 0 fully saturated rings. The average Bonchev–Trinajstić information content (AvgIpc) is 2.76. The molecule has 0 aliphatic carbocycles. The summed E-state index contributed by atoms with van der Waals surface area (Å²) in [6.07, 6.45) is 0.270. The highest BCUT2D eigenvalue weighted by Gasteiger charge is 2.14. The monoisotopic (exact) mass is 232 g/mol. The zero-order valence-electron chi connectivity index (χ0n) is 9.29. The van der Waals surface area contributed by atoms with Gasteiger partial charge in [0.1, 0.15) is 6.10 Å². The van der Waals surface area contributed by atoms with Gasteiger partial charge in [0.05, 0.1) is 0 Å². The van der Waals surface area contributed by atoms with E-state index in [1.54, 1.807) is 6.92 Å². The van der Waals surface area contributed by atoms with E-state index in [4.69, 9.17) is 4.74 Å². The third-order valence-electron chi connectivity index (χ3n) is 2.38. The fourth-order valence-corrected chi connectivity index (χ4v) is 1.46. The van der Waals surface area contributed by atoms with Crippen molar-refractivity contribution in [2.45, 2.75) is 13.0 Å². The van der Waals surface area contributed by atoms with Crippen LogP contribution in [0.15, 0.2) is 47.4 Å². The Morgan fingerprint density at radius 1 is 1.29 bits per heavy atom. The van der Waals surface area contributed by atoms with Crippen molar-refractivity contribution >= 4 is 6.09 Å². The Labute approximate surface area is 97.6 Å². The Kier molecular flexibility index (Phi) is 3.09. The lowest BCUT2D eigenvalue weighted by atomic mass is 10.1. The minimum Gasteiger partial charge on any atom is -0.440 e. The summed E-state index contributed by atoms with van der Waals surface area (Å²) >= 11 is 0. The molecular formula is C12H12N2O3. The molecule has 88 valence electrons. The van der Waals surface area contributed by atoms with Crippen LogP contribution < -0.4 is 5.56 Å². The van der Waals surface area contributed by atoms with Crippen LogP contribution in [0.3, 0.4) is 0 Å². The molecular weight excluding hydrogens is 220 g/mol. The van der Waals surface area contributed by atoms with Crippen molar-refractivity contribution in [3.8, 4) is 0 Å². The van der Waals surface area contributed by atoms with Crippen molar-refractivity contribution in [1.82, 2.24) is 9.78 Å². The molecule has 1 N–H and O–H groups in total. The van der Waals surface area contributed by atoms with E-state index in [1.165, 1.54) is 12.3 Å². The topological polar surface area (TPSA) is 64.1 Å². The average molecular weight is 232 g/mol. The molecule has 17 heavy (non-hydrogen) atoms. The largest absolute Gasteiger partial charge is 0.440 e. The van der Waals surface area contributed by atoms with E-state index in [9.17, 15) is 9.59 Å². The van der Waals surface area contributed by atoms with E-state index in [1.807, 2.05) is 30.3 Å². The van der Waals surface area contributed by atoms with Crippen LogP contribution in [-0.4, -0.2) is 15.9 Å². The first-order valence-electron chi connectivity index (χ1n) is 5.21. The third-order valence-corrected chi connectivity index (χ3v) is 2.38. The molecule has 0 bridgehead atoms. The van der Waals surface area contributed by atoms with Crippen LogP contribution in [0.1, 0.15) is 18.6 Å². The van der Waals surface area contributed by atoms with Crippen LogP contribution in [0.2, 0.25) is 0 Å². The Balaban J connectivity index is 2.10. The van der Waals surface area contributed by atoms with E-state index in [0.29, 0.717) is 0 Å². The van der Waals surface area contributed by atoms with Crippen molar-refractivity contribution in [2.75, 3.05) is 0 Å². The van der Waals surface area contributed by atoms with Gasteiger partial charge < -0.3 is 4.74 Å². The lowest BCUT2D eigenvalue weighted by Gasteiger charge is -2.12. The zero-order valence-corrected chi connectivity index (χ0v) is 9.29. The molecule has 1 unspecified atom stereocenters. The lowest BCUT2D eigenvalue weighted by molar-refractivity contribution is 0.105. The van der Waals surface area contributed by atoms with E-state index in [2.05, 4.69) is 5.10 Å². The van der Waals surface area contributed by atoms with Crippen LogP contribution in [0, 0.1) is 0 Å². The molecule has 0 saturated heterocycles. The Hall–Kier alpha value is -2.30. The van der Waals surface area contributed by atoms with Gasteiger partial charge in [-0.05, 0) is 12.5 Å². The molecule has 5 heteroatoms. The minimum atomic E-state index is -0.712. The predicted octanol–water partition coefficient (Wildman–Crippen LogP) is 1.92. The number of rotatable bonds is 2. The summed E-state index contributed by atoms with van der Waals surface area (Å²) in [5, 5.41) is 2.49. The summed E-state index contributed by atoms with van der Waals surface area (Å²) in [4.78, 5) is 22.8. The smallest absolute Gasteiger partial charge is 0.436 e. The molecule has 0 radical (unpaired) electrons. The lowest BCUT2D eigenvalue weighted by Crippen LogP contribution is -2.26. The predicted molar refractivity (Wildman–Crippen MR) is 61.8 cm³/mol. The molecule has 0 aliphatic heterocycles. The first kappa shape index (κ1) is 11.2. The second-order valence-electron chi connectivity index (χ2n) is 3.57. The standard InChI is InChI=1S/C12H12N2O3/c1-9(10-5-3-2-4-6-10)17-12(16)14-11(15)7-8-13-14/h2-9,13H,1H3. The number of H-pyrrole nitrogens is 1. The van der Waals surface area contributed by atoms with Gasteiger partial charge in [-0.25, -0.2) is 4.79 Å². The second-order valence-corrected chi connectivity index (χ2v) is 3.57. The third kappa shape index (κ3) is 2.44. The molecule has 1 atom stereocenters. The van der Waals surface area contributed by atoms with Crippen molar-refractivity contribution in [2.24, 2.45) is 0 Å². The van der Waals surface area contributed by atoms with Gasteiger partial charge in [-0.1, -0.05) is 30.3 Å². The molecule has 0 saturated carbocycles.